The monoisotopic (exact) mass is 370 g/mol. The number of nitrogens with one attached hydrogen (secondary N) is 1. The van der Waals surface area contributed by atoms with Crippen molar-refractivity contribution in [2.24, 2.45) is 0 Å². The van der Waals surface area contributed by atoms with Crippen LogP contribution in [0, 0.1) is 0 Å². The normalized spacial score (nSPS) is 16.1. The second-order valence-corrected chi connectivity index (χ2v) is 6.14. The molecule has 1 aliphatic rings. The fourth-order valence-electron chi connectivity index (χ4n) is 2.93. The topological polar surface area (TPSA) is 77.1 Å². The second-order valence-electron chi connectivity index (χ2n) is 6.14. The van der Waals surface area contributed by atoms with Gasteiger partial charge in [-0.25, -0.2) is 0 Å². The first-order valence-electron chi connectivity index (χ1n) is 8.59. The summed E-state index contributed by atoms with van der Waals surface area (Å²) in [5.41, 5.74) is 0.783. The molecule has 1 heterocycles. The van der Waals surface area contributed by atoms with E-state index in [2.05, 4.69) is 5.32 Å². The Hall–Kier alpha value is -3.22. The Morgan fingerprint density at radius 2 is 1.78 bits per heavy atom. The fraction of sp³-hybridized carbons (Fsp3) is 0.300. The number of hydrogen-bond donors (Lipinski definition) is 1. The second kappa shape index (κ2) is 8.44. The van der Waals surface area contributed by atoms with Crippen molar-refractivity contribution < 1.29 is 23.8 Å². The molecule has 0 aliphatic carbocycles. The van der Waals surface area contributed by atoms with Gasteiger partial charge in [0.15, 0.2) is 6.61 Å². The molecule has 0 aromatic heterocycles. The number of hydrogen-bond acceptors (Lipinski definition) is 5. The first kappa shape index (κ1) is 18.6. The molecule has 0 radical (unpaired) electrons. The van der Waals surface area contributed by atoms with E-state index in [1.807, 2.05) is 12.1 Å². The molecule has 1 fully saturated rings. The van der Waals surface area contributed by atoms with Crippen LogP contribution < -0.4 is 24.4 Å². The average Bonchev–Trinajstić information content (AvgIpc) is 3.06. The van der Waals surface area contributed by atoms with Crippen LogP contribution in [0.15, 0.2) is 48.5 Å². The minimum atomic E-state index is -0.271. The highest BCUT2D eigenvalue weighted by molar-refractivity contribution is 5.97. The maximum atomic E-state index is 12.3. The van der Waals surface area contributed by atoms with Gasteiger partial charge in [0.1, 0.15) is 17.2 Å². The average molecular weight is 370 g/mol. The van der Waals surface area contributed by atoms with E-state index < -0.39 is 0 Å². The minimum absolute atomic E-state index is 0.0285. The summed E-state index contributed by atoms with van der Waals surface area (Å²) in [5, 5.41) is 2.85. The van der Waals surface area contributed by atoms with Gasteiger partial charge in [-0.3, -0.25) is 9.59 Å². The van der Waals surface area contributed by atoms with Crippen molar-refractivity contribution in [2.45, 2.75) is 12.5 Å². The van der Waals surface area contributed by atoms with Crippen molar-refractivity contribution in [1.29, 1.82) is 0 Å². The highest BCUT2D eigenvalue weighted by Crippen LogP contribution is 2.24. The minimum Gasteiger partial charge on any atom is -0.497 e. The Morgan fingerprint density at radius 3 is 2.48 bits per heavy atom. The van der Waals surface area contributed by atoms with Gasteiger partial charge in [-0.15, -0.1) is 0 Å². The van der Waals surface area contributed by atoms with Crippen molar-refractivity contribution >= 4 is 17.5 Å². The van der Waals surface area contributed by atoms with Gasteiger partial charge in [-0.1, -0.05) is 6.07 Å². The molecule has 0 unspecified atom stereocenters. The molecule has 2 amide bonds. The predicted octanol–water partition coefficient (Wildman–Crippen LogP) is 2.00. The summed E-state index contributed by atoms with van der Waals surface area (Å²) >= 11 is 0. The van der Waals surface area contributed by atoms with Gasteiger partial charge in [0.2, 0.25) is 5.91 Å². The maximum Gasteiger partial charge on any atom is 0.258 e. The smallest absolute Gasteiger partial charge is 0.258 e. The summed E-state index contributed by atoms with van der Waals surface area (Å²) in [6.07, 6.45) is 0.261. The molecule has 0 saturated carbocycles. The molecule has 1 aliphatic heterocycles. The van der Waals surface area contributed by atoms with E-state index in [1.165, 1.54) is 0 Å². The van der Waals surface area contributed by atoms with Crippen molar-refractivity contribution in [3.05, 3.63) is 48.5 Å². The van der Waals surface area contributed by atoms with Crippen LogP contribution in [0.3, 0.4) is 0 Å². The highest BCUT2D eigenvalue weighted by Gasteiger charge is 2.31. The van der Waals surface area contributed by atoms with Crippen LogP contribution in [0.4, 0.5) is 5.69 Å². The quantitative estimate of drug-likeness (QED) is 0.807. The van der Waals surface area contributed by atoms with Crippen LogP contribution in [0.2, 0.25) is 0 Å². The third-order valence-corrected chi connectivity index (χ3v) is 4.29. The number of carbonyl (C=O) groups excluding carboxylic acids is 2. The van der Waals surface area contributed by atoms with Gasteiger partial charge in [0.25, 0.3) is 5.91 Å². The number of ether oxygens (including phenoxy) is 3. The Labute approximate surface area is 157 Å². The van der Waals surface area contributed by atoms with E-state index in [-0.39, 0.29) is 30.9 Å². The molecule has 7 nitrogen and oxygen atoms in total. The molecule has 7 heteroatoms. The zero-order chi connectivity index (χ0) is 19.2. The molecule has 1 N–H and O–H groups in total. The predicted molar refractivity (Wildman–Crippen MR) is 100 cm³/mol. The summed E-state index contributed by atoms with van der Waals surface area (Å²) in [5.74, 6) is 1.63. The SMILES string of the molecule is COc1ccc(N2C[C@@H](NC(=O)COc3cccc(OC)c3)CC2=O)cc1. The van der Waals surface area contributed by atoms with E-state index in [1.54, 1.807) is 55.5 Å². The van der Waals surface area contributed by atoms with Gasteiger partial charge in [0, 0.05) is 24.7 Å². The molecule has 3 rings (SSSR count). The summed E-state index contributed by atoms with van der Waals surface area (Å²) in [7, 11) is 3.16. The summed E-state index contributed by atoms with van der Waals surface area (Å²) in [6, 6.07) is 14.0. The Morgan fingerprint density at radius 1 is 1.07 bits per heavy atom. The molecular weight excluding hydrogens is 348 g/mol. The molecule has 2 aromatic rings. The van der Waals surface area contributed by atoms with E-state index in [0.717, 1.165) is 11.4 Å². The van der Waals surface area contributed by atoms with Gasteiger partial charge in [-0.05, 0) is 36.4 Å². The molecule has 0 spiro atoms. The molecule has 1 saturated heterocycles. The Balaban J connectivity index is 1.51. The number of anilines is 1. The molecule has 1 atom stereocenters. The fourth-order valence-corrected chi connectivity index (χ4v) is 2.93. The van der Waals surface area contributed by atoms with Gasteiger partial charge in [-0.2, -0.15) is 0 Å². The van der Waals surface area contributed by atoms with Crippen LogP contribution in [-0.2, 0) is 9.59 Å². The summed E-state index contributed by atoms with van der Waals surface area (Å²) in [4.78, 5) is 26.1. The molecule has 2 aromatic carbocycles. The lowest BCUT2D eigenvalue weighted by molar-refractivity contribution is -0.123. The van der Waals surface area contributed by atoms with E-state index in [9.17, 15) is 9.59 Å². The summed E-state index contributed by atoms with van der Waals surface area (Å²) < 4.78 is 15.7. The van der Waals surface area contributed by atoms with E-state index >= 15 is 0 Å². The van der Waals surface area contributed by atoms with Gasteiger partial charge in [0.05, 0.1) is 20.3 Å². The maximum absolute atomic E-state index is 12.3. The zero-order valence-electron chi connectivity index (χ0n) is 15.3. The number of rotatable bonds is 7. The number of carbonyl (C=O) groups is 2. The molecule has 27 heavy (non-hydrogen) atoms. The van der Waals surface area contributed by atoms with E-state index in [4.69, 9.17) is 14.2 Å². The van der Waals surface area contributed by atoms with Crippen molar-refractivity contribution in [1.82, 2.24) is 5.32 Å². The first-order valence-corrected chi connectivity index (χ1v) is 8.59. The van der Waals surface area contributed by atoms with E-state index in [0.29, 0.717) is 18.0 Å². The van der Waals surface area contributed by atoms with Gasteiger partial charge >= 0.3 is 0 Å². The van der Waals surface area contributed by atoms with Crippen LogP contribution in [0.5, 0.6) is 17.2 Å². The number of nitrogens with zero attached hydrogens (tertiary/aromatic N) is 1. The van der Waals surface area contributed by atoms with Crippen molar-refractivity contribution in [2.75, 3.05) is 32.3 Å². The standard InChI is InChI=1S/C20H22N2O5/c1-25-16-8-6-15(7-9-16)22-12-14(10-20(22)24)21-19(23)13-27-18-5-3-4-17(11-18)26-2/h3-9,11,14H,10,12-13H2,1-2H3,(H,21,23)/t14-/m0/s1. The Bertz CT molecular complexity index is 806. The van der Waals surface area contributed by atoms with Crippen LogP contribution in [-0.4, -0.2) is 45.2 Å². The van der Waals surface area contributed by atoms with Crippen molar-refractivity contribution in [3.63, 3.8) is 0 Å². The van der Waals surface area contributed by atoms with Crippen LogP contribution >= 0.6 is 0 Å². The number of benzene rings is 2. The highest BCUT2D eigenvalue weighted by atomic mass is 16.5. The van der Waals surface area contributed by atoms with Crippen LogP contribution in [0.25, 0.3) is 0 Å². The third kappa shape index (κ3) is 4.69. The lowest BCUT2D eigenvalue weighted by Crippen LogP contribution is -2.39. The first-order chi connectivity index (χ1) is 13.1. The van der Waals surface area contributed by atoms with Crippen molar-refractivity contribution in [3.8, 4) is 17.2 Å². The largest absolute Gasteiger partial charge is 0.497 e. The molecular formula is C20H22N2O5. The van der Waals surface area contributed by atoms with Crippen LogP contribution in [0.1, 0.15) is 6.42 Å². The van der Waals surface area contributed by atoms with Gasteiger partial charge < -0.3 is 24.4 Å². The number of methoxy groups -OCH3 is 2. The zero-order valence-corrected chi connectivity index (χ0v) is 15.3. The molecule has 0 bridgehead atoms. The third-order valence-electron chi connectivity index (χ3n) is 4.29. The number of amides is 2. The lowest BCUT2D eigenvalue weighted by Gasteiger charge is -2.17. The lowest BCUT2D eigenvalue weighted by atomic mass is 10.2. The summed E-state index contributed by atoms with van der Waals surface area (Å²) in [6.45, 7) is 0.302. The Kier molecular flexibility index (Phi) is 5.80. The molecule has 142 valence electrons.